The SMILES string of the molecule is CC[C@@H](C)NC(=O)[C@H](CC)N(Cc1ccc(OC)cc1)C(=O)CN(c1ccc(C)cc1)S(=O)(=O)c1ccc(Cl)cc1. The summed E-state index contributed by atoms with van der Waals surface area (Å²) in [6.45, 7) is 7.20. The number of rotatable bonds is 13. The van der Waals surface area contributed by atoms with E-state index in [0.29, 0.717) is 22.9 Å². The summed E-state index contributed by atoms with van der Waals surface area (Å²) in [5, 5.41) is 3.37. The van der Waals surface area contributed by atoms with E-state index in [4.69, 9.17) is 16.3 Å². The highest BCUT2D eigenvalue weighted by molar-refractivity contribution is 7.92. The van der Waals surface area contributed by atoms with Crippen molar-refractivity contribution in [3.05, 3.63) is 88.9 Å². The molecule has 2 atom stereocenters. The zero-order chi connectivity index (χ0) is 30.2. The Hall–Kier alpha value is -3.56. The average Bonchev–Trinajstić information content (AvgIpc) is 2.96. The minimum absolute atomic E-state index is 0.00136. The number of anilines is 1. The second-order valence-corrected chi connectivity index (χ2v) is 12.2. The van der Waals surface area contributed by atoms with Gasteiger partial charge in [-0.25, -0.2) is 8.42 Å². The number of ether oxygens (including phenoxy) is 1. The van der Waals surface area contributed by atoms with Gasteiger partial charge in [-0.3, -0.25) is 13.9 Å². The van der Waals surface area contributed by atoms with Gasteiger partial charge < -0.3 is 15.0 Å². The third kappa shape index (κ3) is 8.24. The second kappa shape index (κ2) is 14.4. The molecule has 3 rings (SSSR count). The number of hydrogen-bond acceptors (Lipinski definition) is 5. The maximum absolute atomic E-state index is 14.1. The third-order valence-corrected chi connectivity index (χ3v) is 8.94. The first-order chi connectivity index (χ1) is 19.5. The molecule has 0 saturated carbocycles. The fourth-order valence-electron chi connectivity index (χ4n) is 4.26. The number of amides is 2. The van der Waals surface area contributed by atoms with Crippen LogP contribution in [-0.4, -0.2) is 50.9 Å². The van der Waals surface area contributed by atoms with Crippen molar-refractivity contribution in [3.8, 4) is 5.75 Å². The maximum Gasteiger partial charge on any atom is 0.264 e. The summed E-state index contributed by atoms with van der Waals surface area (Å²) in [6, 6.07) is 19.0. The smallest absolute Gasteiger partial charge is 0.264 e. The number of benzene rings is 3. The van der Waals surface area contributed by atoms with Gasteiger partial charge in [-0.2, -0.15) is 0 Å². The van der Waals surface area contributed by atoms with E-state index in [0.717, 1.165) is 21.9 Å². The highest BCUT2D eigenvalue weighted by Crippen LogP contribution is 2.26. The minimum Gasteiger partial charge on any atom is -0.497 e. The lowest BCUT2D eigenvalue weighted by Gasteiger charge is -2.33. The normalized spacial score (nSPS) is 12.7. The van der Waals surface area contributed by atoms with Gasteiger partial charge in [0.15, 0.2) is 0 Å². The van der Waals surface area contributed by atoms with Gasteiger partial charge in [-0.05, 0) is 80.8 Å². The van der Waals surface area contributed by atoms with E-state index in [9.17, 15) is 18.0 Å². The van der Waals surface area contributed by atoms with Crippen LogP contribution in [0.4, 0.5) is 5.69 Å². The molecule has 0 aromatic heterocycles. The fourth-order valence-corrected chi connectivity index (χ4v) is 5.80. The van der Waals surface area contributed by atoms with Crippen LogP contribution in [0.15, 0.2) is 77.7 Å². The van der Waals surface area contributed by atoms with Crippen LogP contribution in [-0.2, 0) is 26.2 Å². The zero-order valence-corrected chi connectivity index (χ0v) is 25.7. The van der Waals surface area contributed by atoms with Crippen LogP contribution < -0.4 is 14.4 Å². The van der Waals surface area contributed by atoms with Crippen molar-refractivity contribution in [2.24, 2.45) is 0 Å². The number of aryl methyl sites for hydroxylation is 1. The summed E-state index contributed by atoms with van der Waals surface area (Å²) in [6.07, 6.45) is 1.08. The summed E-state index contributed by atoms with van der Waals surface area (Å²) in [7, 11) is -2.59. The second-order valence-electron chi connectivity index (χ2n) is 9.91. The van der Waals surface area contributed by atoms with Crippen molar-refractivity contribution in [2.45, 2.75) is 64.1 Å². The minimum atomic E-state index is -4.16. The van der Waals surface area contributed by atoms with Crippen LogP contribution in [0, 0.1) is 6.92 Å². The Morgan fingerprint density at radius 3 is 2.07 bits per heavy atom. The predicted molar refractivity (Wildman–Crippen MR) is 163 cm³/mol. The Morgan fingerprint density at radius 2 is 1.54 bits per heavy atom. The van der Waals surface area contributed by atoms with Crippen molar-refractivity contribution in [1.82, 2.24) is 10.2 Å². The van der Waals surface area contributed by atoms with E-state index in [2.05, 4.69) is 5.32 Å². The lowest BCUT2D eigenvalue weighted by Crippen LogP contribution is -2.53. The zero-order valence-electron chi connectivity index (χ0n) is 24.1. The predicted octanol–water partition coefficient (Wildman–Crippen LogP) is 5.57. The van der Waals surface area contributed by atoms with Crippen molar-refractivity contribution in [2.75, 3.05) is 18.0 Å². The maximum atomic E-state index is 14.1. The molecular weight excluding hydrogens is 562 g/mol. The number of nitrogens with zero attached hydrogens (tertiary/aromatic N) is 2. The molecule has 0 spiro atoms. The molecule has 0 aliphatic rings. The van der Waals surface area contributed by atoms with Crippen LogP contribution in [0.2, 0.25) is 5.02 Å². The summed E-state index contributed by atoms with van der Waals surface area (Å²) >= 11 is 6.01. The van der Waals surface area contributed by atoms with E-state index >= 15 is 0 Å². The van der Waals surface area contributed by atoms with Crippen LogP contribution in [0.3, 0.4) is 0 Å². The molecule has 0 saturated heterocycles. The molecule has 10 heteroatoms. The van der Waals surface area contributed by atoms with Crippen LogP contribution in [0.5, 0.6) is 5.75 Å². The van der Waals surface area contributed by atoms with Gasteiger partial charge in [0.1, 0.15) is 18.3 Å². The monoisotopic (exact) mass is 599 g/mol. The molecule has 0 unspecified atom stereocenters. The number of hydrogen-bond donors (Lipinski definition) is 1. The Kier molecular flexibility index (Phi) is 11.2. The molecular formula is C31H38ClN3O5S. The van der Waals surface area contributed by atoms with E-state index < -0.39 is 28.5 Å². The molecule has 0 radical (unpaired) electrons. The van der Waals surface area contributed by atoms with Gasteiger partial charge in [0.05, 0.1) is 17.7 Å². The topological polar surface area (TPSA) is 96.0 Å². The summed E-state index contributed by atoms with van der Waals surface area (Å²) in [5.41, 5.74) is 2.05. The fraction of sp³-hybridized carbons (Fsp3) is 0.355. The summed E-state index contributed by atoms with van der Waals surface area (Å²) in [5.74, 6) is -0.135. The quantitative estimate of drug-likeness (QED) is 0.277. The molecule has 0 aliphatic carbocycles. The number of sulfonamides is 1. The third-order valence-electron chi connectivity index (χ3n) is 6.90. The molecule has 0 fully saturated rings. The first kappa shape index (κ1) is 32.0. The van der Waals surface area contributed by atoms with E-state index in [1.165, 1.54) is 29.2 Å². The van der Waals surface area contributed by atoms with Crippen LogP contribution in [0.25, 0.3) is 0 Å². The molecule has 1 N–H and O–H groups in total. The van der Waals surface area contributed by atoms with Gasteiger partial charge in [-0.15, -0.1) is 0 Å². The van der Waals surface area contributed by atoms with Crippen molar-refractivity contribution in [3.63, 3.8) is 0 Å². The number of nitrogens with one attached hydrogen (secondary N) is 1. The number of halogens is 1. The molecule has 0 aliphatic heterocycles. The van der Waals surface area contributed by atoms with Gasteiger partial charge in [0.25, 0.3) is 10.0 Å². The number of carbonyl (C=O) groups is 2. The first-order valence-electron chi connectivity index (χ1n) is 13.6. The largest absolute Gasteiger partial charge is 0.497 e. The van der Waals surface area contributed by atoms with E-state index in [1.807, 2.05) is 39.8 Å². The Balaban J connectivity index is 2.05. The lowest BCUT2D eigenvalue weighted by molar-refractivity contribution is -0.140. The van der Waals surface area contributed by atoms with Crippen molar-refractivity contribution >= 4 is 39.1 Å². The van der Waals surface area contributed by atoms with Gasteiger partial charge >= 0.3 is 0 Å². The summed E-state index contributed by atoms with van der Waals surface area (Å²) < 4.78 is 34.1. The summed E-state index contributed by atoms with van der Waals surface area (Å²) in [4.78, 5) is 28.9. The van der Waals surface area contributed by atoms with Crippen molar-refractivity contribution < 1.29 is 22.7 Å². The number of methoxy groups -OCH3 is 1. The Bertz CT molecular complexity index is 1410. The molecule has 3 aromatic rings. The van der Waals surface area contributed by atoms with E-state index in [-0.39, 0.29) is 23.4 Å². The molecule has 3 aromatic carbocycles. The molecule has 8 nitrogen and oxygen atoms in total. The highest BCUT2D eigenvalue weighted by Gasteiger charge is 2.34. The molecule has 41 heavy (non-hydrogen) atoms. The van der Waals surface area contributed by atoms with Crippen LogP contribution in [0.1, 0.15) is 44.7 Å². The average molecular weight is 600 g/mol. The van der Waals surface area contributed by atoms with Crippen LogP contribution >= 0.6 is 11.6 Å². The van der Waals surface area contributed by atoms with Gasteiger partial charge in [0, 0.05) is 17.6 Å². The first-order valence-corrected chi connectivity index (χ1v) is 15.4. The van der Waals surface area contributed by atoms with E-state index in [1.54, 1.807) is 43.5 Å². The Labute approximate surface area is 248 Å². The Morgan fingerprint density at radius 1 is 0.927 bits per heavy atom. The molecule has 0 bridgehead atoms. The molecule has 220 valence electrons. The standard InChI is InChI=1S/C31H38ClN3O5S/c1-6-23(4)33-31(37)29(7-2)34(20-24-10-16-27(40-5)17-11-24)30(36)21-35(26-14-8-22(3)9-15-26)41(38,39)28-18-12-25(32)13-19-28/h8-19,23,29H,6-7,20-21H2,1-5H3,(H,33,37)/t23-,29+/m1/s1. The van der Waals surface area contributed by atoms with Gasteiger partial charge in [0.2, 0.25) is 11.8 Å². The molecule has 2 amide bonds. The van der Waals surface area contributed by atoms with Crippen molar-refractivity contribution in [1.29, 1.82) is 0 Å². The lowest BCUT2D eigenvalue weighted by atomic mass is 10.1. The number of carbonyl (C=O) groups excluding carboxylic acids is 2. The molecule has 0 heterocycles. The highest BCUT2D eigenvalue weighted by atomic mass is 35.5. The van der Waals surface area contributed by atoms with Gasteiger partial charge in [-0.1, -0.05) is 55.3 Å².